The van der Waals surface area contributed by atoms with Crippen LogP contribution in [0.2, 0.25) is 0 Å². The lowest BCUT2D eigenvalue weighted by Gasteiger charge is -2.02. The Labute approximate surface area is 126 Å². The van der Waals surface area contributed by atoms with Crippen LogP contribution >= 0.6 is 0 Å². The van der Waals surface area contributed by atoms with E-state index in [1.165, 1.54) is 18.2 Å². The van der Waals surface area contributed by atoms with E-state index in [2.05, 4.69) is 10.5 Å². The maximum Gasteiger partial charge on any atom is 0.274 e. The Morgan fingerprint density at radius 1 is 1.14 bits per heavy atom. The van der Waals surface area contributed by atoms with E-state index >= 15 is 0 Å². The zero-order valence-corrected chi connectivity index (χ0v) is 11.8. The normalized spacial score (nSPS) is 11.6. The Balaban J connectivity index is 1.80. The summed E-state index contributed by atoms with van der Waals surface area (Å²) in [6.45, 7) is 1.71. The van der Waals surface area contributed by atoms with Crippen molar-refractivity contribution >= 4 is 22.6 Å². The van der Waals surface area contributed by atoms with Gasteiger partial charge in [0.05, 0.1) is 5.56 Å². The first kappa shape index (κ1) is 14.0. The van der Waals surface area contributed by atoms with E-state index in [0.717, 1.165) is 11.0 Å². The van der Waals surface area contributed by atoms with Crippen LogP contribution in [0.1, 0.15) is 23.0 Å². The molecular formula is C17H13FN2O2. The third-order valence-electron chi connectivity index (χ3n) is 3.23. The molecule has 0 radical (unpaired) electrons. The summed E-state index contributed by atoms with van der Waals surface area (Å²) in [6, 6.07) is 15.1. The van der Waals surface area contributed by atoms with Crippen LogP contribution in [-0.4, -0.2) is 11.6 Å². The van der Waals surface area contributed by atoms with Crippen molar-refractivity contribution < 1.29 is 13.6 Å². The van der Waals surface area contributed by atoms with Crippen LogP contribution in [-0.2, 0) is 0 Å². The Morgan fingerprint density at radius 2 is 1.86 bits per heavy atom. The number of carbonyl (C=O) groups is 1. The number of nitrogens with one attached hydrogen (secondary N) is 1. The molecule has 0 bridgehead atoms. The number of para-hydroxylation sites is 1. The van der Waals surface area contributed by atoms with E-state index in [4.69, 9.17) is 4.42 Å². The number of furan rings is 1. The third kappa shape index (κ3) is 2.74. The van der Waals surface area contributed by atoms with Crippen molar-refractivity contribution in [3.05, 3.63) is 71.7 Å². The minimum Gasteiger partial charge on any atom is -0.455 e. The molecule has 0 saturated heterocycles. The monoisotopic (exact) mass is 296 g/mol. The quantitative estimate of drug-likeness (QED) is 0.591. The lowest BCUT2D eigenvalue weighted by atomic mass is 10.2. The van der Waals surface area contributed by atoms with E-state index in [1.807, 2.05) is 30.3 Å². The first-order valence-corrected chi connectivity index (χ1v) is 6.73. The summed E-state index contributed by atoms with van der Waals surface area (Å²) in [7, 11) is 0. The van der Waals surface area contributed by atoms with Crippen molar-refractivity contribution in [2.75, 3.05) is 0 Å². The van der Waals surface area contributed by atoms with E-state index < -0.39 is 11.7 Å². The van der Waals surface area contributed by atoms with Gasteiger partial charge in [-0.1, -0.05) is 30.3 Å². The Kier molecular flexibility index (Phi) is 3.70. The highest BCUT2D eigenvalue weighted by molar-refractivity contribution is 6.01. The van der Waals surface area contributed by atoms with Crippen molar-refractivity contribution in [3.63, 3.8) is 0 Å². The fourth-order valence-corrected chi connectivity index (χ4v) is 2.06. The summed E-state index contributed by atoms with van der Waals surface area (Å²) in [6.07, 6.45) is 0. The van der Waals surface area contributed by atoms with Crippen LogP contribution in [0.5, 0.6) is 0 Å². The lowest BCUT2D eigenvalue weighted by Crippen LogP contribution is -2.20. The zero-order valence-electron chi connectivity index (χ0n) is 11.8. The Hall–Kier alpha value is -2.95. The number of hydrogen-bond donors (Lipinski definition) is 1. The molecule has 0 aliphatic carbocycles. The van der Waals surface area contributed by atoms with Crippen LogP contribution in [0, 0.1) is 5.82 Å². The molecule has 1 amide bonds. The number of amides is 1. The molecule has 0 atom stereocenters. The van der Waals surface area contributed by atoms with Gasteiger partial charge in [-0.05, 0) is 31.2 Å². The number of rotatable bonds is 3. The number of fused-ring (bicyclic) bond motifs is 1. The van der Waals surface area contributed by atoms with Gasteiger partial charge in [-0.3, -0.25) is 4.79 Å². The second kappa shape index (κ2) is 5.81. The molecule has 0 aliphatic heterocycles. The average molecular weight is 296 g/mol. The van der Waals surface area contributed by atoms with Gasteiger partial charge in [0.1, 0.15) is 17.1 Å². The summed E-state index contributed by atoms with van der Waals surface area (Å²) >= 11 is 0. The van der Waals surface area contributed by atoms with Gasteiger partial charge >= 0.3 is 0 Å². The van der Waals surface area contributed by atoms with Crippen LogP contribution in [0.15, 0.2) is 64.1 Å². The highest BCUT2D eigenvalue weighted by atomic mass is 19.1. The summed E-state index contributed by atoms with van der Waals surface area (Å²) in [5, 5.41) is 4.92. The lowest BCUT2D eigenvalue weighted by molar-refractivity contribution is 0.0951. The minimum atomic E-state index is -0.603. The maximum absolute atomic E-state index is 13.5. The van der Waals surface area contributed by atoms with Crippen molar-refractivity contribution in [1.29, 1.82) is 0 Å². The van der Waals surface area contributed by atoms with Crippen LogP contribution < -0.4 is 5.43 Å². The van der Waals surface area contributed by atoms with Gasteiger partial charge in [0, 0.05) is 5.39 Å². The van der Waals surface area contributed by atoms with Gasteiger partial charge in [-0.2, -0.15) is 5.10 Å². The SMILES string of the molecule is C/C(=N/NC(=O)c1ccccc1F)c1cc2ccccc2o1. The van der Waals surface area contributed by atoms with Gasteiger partial charge in [-0.15, -0.1) is 0 Å². The largest absolute Gasteiger partial charge is 0.455 e. The molecular weight excluding hydrogens is 283 g/mol. The Morgan fingerprint density at radius 3 is 2.64 bits per heavy atom. The molecule has 3 aromatic rings. The Bertz CT molecular complexity index is 835. The molecule has 1 heterocycles. The third-order valence-corrected chi connectivity index (χ3v) is 3.23. The van der Waals surface area contributed by atoms with Crippen LogP contribution in [0.4, 0.5) is 4.39 Å². The standard InChI is InChI=1S/C17H13FN2O2/c1-11(16-10-12-6-2-5-9-15(12)22-16)19-20-17(21)13-7-3-4-8-14(13)18/h2-10H,1H3,(H,20,21)/b19-11-. The number of benzene rings is 2. The van der Waals surface area contributed by atoms with Gasteiger partial charge in [0.15, 0.2) is 5.76 Å². The zero-order chi connectivity index (χ0) is 15.5. The molecule has 5 heteroatoms. The maximum atomic E-state index is 13.5. The molecule has 1 aromatic heterocycles. The van der Waals surface area contributed by atoms with Gasteiger partial charge in [-0.25, -0.2) is 9.82 Å². The summed E-state index contributed by atoms with van der Waals surface area (Å²) in [5.74, 6) is -0.639. The highest BCUT2D eigenvalue weighted by Crippen LogP contribution is 2.19. The van der Waals surface area contributed by atoms with Crippen molar-refractivity contribution in [2.45, 2.75) is 6.92 Å². The van der Waals surface area contributed by atoms with Crippen LogP contribution in [0.25, 0.3) is 11.0 Å². The molecule has 110 valence electrons. The average Bonchev–Trinajstić information content (AvgIpc) is 2.97. The molecule has 1 N–H and O–H groups in total. The van der Waals surface area contributed by atoms with E-state index in [9.17, 15) is 9.18 Å². The van der Waals surface area contributed by atoms with Crippen molar-refractivity contribution in [2.24, 2.45) is 5.10 Å². The molecule has 0 fully saturated rings. The van der Waals surface area contributed by atoms with Gasteiger partial charge in [0.2, 0.25) is 0 Å². The summed E-state index contributed by atoms with van der Waals surface area (Å²) in [4.78, 5) is 11.9. The van der Waals surface area contributed by atoms with E-state index in [1.54, 1.807) is 13.0 Å². The van der Waals surface area contributed by atoms with E-state index in [-0.39, 0.29) is 5.56 Å². The fourth-order valence-electron chi connectivity index (χ4n) is 2.06. The number of halogens is 1. The first-order chi connectivity index (χ1) is 10.6. The number of carbonyl (C=O) groups excluding carboxylic acids is 1. The number of hydrogen-bond acceptors (Lipinski definition) is 3. The van der Waals surface area contributed by atoms with Crippen molar-refractivity contribution in [1.82, 2.24) is 5.43 Å². The van der Waals surface area contributed by atoms with E-state index in [0.29, 0.717) is 11.5 Å². The molecule has 3 rings (SSSR count). The predicted molar refractivity (Wildman–Crippen MR) is 82.3 cm³/mol. The van der Waals surface area contributed by atoms with Gasteiger partial charge in [0.25, 0.3) is 5.91 Å². The van der Waals surface area contributed by atoms with Gasteiger partial charge < -0.3 is 4.42 Å². The number of nitrogens with zero attached hydrogens (tertiary/aromatic N) is 1. The number of hydrazone groups is 1. The molecule has 4 nitrogen and oxygen atoms in total. The topological polar surface area (TPSA) is 54.6 Å². The van der Waals surface area contributed by atoms with Crippen LogP contribution in [0.3, 0.4) is 0 Å². The predicted octanol–water partition coefficient (Wildman–Crippen LogP) is 3.73. The molecule has 0 spiro atoms. The summed E-state index contributed by atoms with van der Waals surface area (Å²) in [5.41, 5.74) is 3.52. The molecule has 0 unspecified atom stereocenters. The van der Waals surface area contributed by atoms with Crippen molar-refractivity contribution in [3.8, 4) is 0 Å². The molecule has 0 aliphatic rings. The second-order valence-electron chi connectivity index (χ2n) is 4.77. The smallest absolute Gasteiger partial charge is 0.274 e. The minimum absolute atomic E-state index is 0.0522. The highest BCUT2D eigenvalue weighted by Gasteiger charge is 2.11. The second-order valence-corrected chi connectivity index (χ2v) is 4.77. The molecule has 22 heavy (non-hydrogen) atoms. The molecule has 0 saturated carbocycles. The first-order valence-electron chi connectivity index (χ1n) is 6.73. The summed E-state index contributed by atoms with van der Waals surface area (Å²) < 4.78 is 19.1. The molecule has 2 aromatic carbocycles. The fraction of sp³-hybridized carbons (Fsp3) is 0.0588.